The molecule has 2 aromatic heterocycles. The van der Waals surface area contributed by atoms with Crippen molar-refractivity contribution in [1.29, 1.82) is 0 Å². The van der Waals surface area contributed by atoms with Gasteiger partial charge < -0.3 is 18.9 Å². The van der Waals surface area contributed by atoms with E-state index in [2.05, 4.69) is 101 Å². The van der Waals surface area contributed by atoms with Crippen LogP contribution in [-0.2, 0) is 48.6 Å². The maximum atomic E-state index is 12.6. The van der Waals surface area contributed by atoms with Crippen molar-refractivity contribution in [3.63, 3.8) is 0 Å². The Morgan fingerprint density at radius 1 is 0.650 bits per heavy atom. The highest BCUT2D eigenvalue weighted by Gasteiger charge is 2.30. The fourth-order valence-electron chi connectivity index (χ4n) is 9.50. The second kappa shape index (κ2) is 25.0. The summed E-state index contributed by atoms with van der Waals surface area (Å²) in [5, 5.41) is 9.66. The number of benzene rings is 6. The summed E-state index contributed by atoms with van der Waals surface area (Å²) in [6.45, 7) is 4.88. The molecule has 0 spiro atoms. The van der Waals surface area contributed by atoms with E-state index in [1.807, 2.05) is 60.2 Å². The number of hydrogen-bond acceptors (Lipinski definition) is 15. The quantitative estimate of drug-likeness (QED) is 0.0485. The van der Waals surface area contributed by atoms with E-state index in [0.717, 1.165) is 70.0 Å². The topological polar surface area (TPSA) is 192 Å². The Balaban J connectivity index is 0.000000194. The van der Waals surface area contributed by atoms with Gasteiger partial charge in [-0.05, 0) is 115 Å². The third kappa shape index (κ3) is 14.5. The number of amides is 1. The highest BCUT2D eigenvalue weighted by Crippen LogP contribution is 2.51. The lowest BCUT2D eigenvalue weighted by molar-refractivity contribution is -0.655. The molecule has 23 heteroatoms. The largest absolute Gasteiger partial charge is 0.748 e. The molecule has 0 atom stereocenters. The molecule has 0 saturated carbocycles. The van der Waals surface area contributed by atoms with E-state index in [4.69, 9.17) is 23.2 Å². The molecule has 1 N–H and O–H groups in total. The first-order chi connectivity index (χ1) is 38.0. The SMILES string of the molecule is CCC(=C/c1sc2ccc(Cl)cc2[n+]1CC(=O)NS(C)(=O)=O)/C=C1/Sc2ccc(Cl)cc2N1CCCCS(=O)(=O)[O-].CCC(=Cc1sc2ccc3ccccc3c2[n+]1C)C=C1Sc2ccc3ccccc3c2N1CCCS(=O)(=O)[O-]. The molecule has 2 aliphatic rings. The van der Waals surface area contributed by atoms with Crippen LogP contribution in [-0.4, -0.2) is 71.1 Å². The lowest BCUT2D eigenvalue weighted by Crippen LogP contribution is -2.45. The zero-order valence-electron chi connectivity index (χ0n) is 43.8. The van der Waals surface area contributed by atoms with Crippen molar-refractivity contribution in [3.8, 4) is 0 Å². The van der Waals surface area contributed by atoms with Gasteiger partial charge in [0.1, 0.15) is 16.4 Å². The molecule has 0 unspecified atom stereocenters. The number of thioether (sulfide) groups is 2. The molecular weight excluding hydrogens is 1190 g/mol. The van der Waals surface area contributed by atoms with Crippen LogP contribution in [0.25, 0.3) is 54.1 Å². The number of allylic oxidation sites excluding steroid dienone is 4. The number of nitrogens with one attached hydrogen (secondary N) is 1. The molecule has 14 nitrogen and oxygen atoms in total. The summed E-state index contributed by atoms with van der Waals surface area (Å²) < 4.78 is 98.7. The number of fused-ring (bicyclic) bond motifs is 8. The fraction of sp³-hybridized carbons (Fsp3) is 0.246. The van der Waals surface area contributed by atoms with Gasteiger partial charge in [0.15, 0.2) is 0 Å². The lowest BCUT2D eigenvalue weighted by atomic mass is 10.1. The van der Waals surface area contributed by atoms with Gasteiger partial charge in [0, 0.05) is 68.0 Å². The summed E-state index contributed by atoms with van der Waals surface area (Å²) in [6, 6.07) is 36.3. The first-order valence-corrected chi connectivity index (χ1v) is 34.5. The molecule has 10 rings (SSSR count). The van der Waals surface area contributed by atoms with E-state index in [1.165, 1.54) is 42.9 Å². The summed E-state index contributed by atoms with van der Waals surface area (Å²) in [6.07, 6.45) is 11.9. The molecule has 0 radical (unpaired) electrons. The predicted octanol–water partition coefficient (Wildman–Crippen LogP) is 12.4. The van der Waals surface area contributed by atoms with Crippen molar-refractivity contribution in [1.82, 2.24) is 4.72 Å². The number of carbonyl (C=O) groups is 1. The van der Waals surface area contributed by atoms with E-state index in [0.29, 0.717) is 41.5 Å². The molecular formula is C57H55Cl2N5O9S7. The standard InChI is InChI=1S/C31H28N2O3S3.C26H27Cl2N3O6S4/c1-3-21(19-28-32(2)30-24-11-6-4-9-22(24)13-15-26(30)37-28)20-29-33(17-8-18-39(34,35)36)31-25-12-7-5-10-23(25)14-16-27(31)38-29;1-3-17(12-25-30(10-4-5-11-41(35,36)37)20-14-18(27)6-8-22(20)38-25)13-26-31(16-24(32)29-40(2,33)34)21-15-19(28)7-9-23(21)39-26/h4-7,9-16,19-20H,3,8,17-18H2,1-2H3;6-9,12-15H,3-5,10-11,16H2,1-2H3,(H-,29,32,35,36,37). The van der Waals surface area contributed by atoms with Crippen LogP contribution < -0.4 is 23.7 Å². The zero-order valence-corrected chi connectivity index (χ0v) is 51.1. The third-order valence-corrected chi connectivity index (χ3v) is 20.3. The van der Waals surface area contributed by atoms with Gasteiger partial charge in [-0.2, -0.15) is 9.13 Å². The number of aromatic nitrogens is 2. The second-order valence-electron chi connectivity index (χ2n) is 19.0. The summed E-state index contributed by atoms with van der Waals surface area (Å²) >= 11 is 19.0. The van der Waals surface area contributed by atoms with Crippen LogP contribution in [0.3, 0.4) is 0 Å². The Morgan fingerprint density at radius 2 is 1.20 bits per heavy atom. The molecule has 0 saturated heterocycles. The normalized spacial score (nSPS) is 15.2. The van der Waals surface area contributed by atoms with Crippen LogP contribution >= 0.6 is 69.4 Å². The summed E-state index contributed by atoms with van der Waals surface area (Å²) in [5.74, 6) is -1.46. The Kier molecular flexibility index (Phi) is 18.6. The van der Waals surface area contributed by atoms with Gasteiger partial charge in [0.25, 0.3) is 15.9 Å². The molecule has 8 aromatic rings. The minimum Gasteiger partial charge on any atom is -0.748 e. The minimum atomic E-state index is -4.29. The number of thiazole rings is 2. The molecule has 2 aliphatic heterocycles. The second-order valence-corrected chi connectivity index (χ2v) is 28.9. The number of rotatable bonds is 18. The average Bonchev–Trinajstić information content (AvgIpc) is 4.28. The smallest absolute Gasteiger partial charge is 0.299 e. The number of nitrogens with zero attached hydrogens (tertiary/aromatic N) is 4. The van der Waals surface area contributed by atoms with Crippen molar-refractivity contribution in [2.75, 3.05) is 40.7 Å². The Morgan fingerprint density at radius 3 is 1.89 bits per heavy atom. The maximum Gasteiger partial charge on any atom is 0.299 e. The molecule has 0 fully saturated rings. The van der Waals surface area contributed by atoms with Crippen molar-refractivity contribution in [2.24, 2.45) is 7.05 Å². The van der Waals surface area contributed by atoms with E-state index in [9.17, 15) is 39.2 Å². The van der Waals surface area contributed by atoms with Crippen LogP contribution in [0.15, 0.2) is 152 Å². The van der Waals surface area contributed by atoms with Gasteiger partial charge in [-0.15, -0.1) is 0 Å². The number of halogens is 2. The Bertz CT molecular complexity index is 4220. The van der Waals surface area contributed by atoms with E-state index in [1.54, 1.807) is 51.6 Å². The molecule has 1 amide bonds. The van der Waals surface area contributed by atoms with Crippen LogP contribution in [0.5, 0.6) is 0 Å². The van der Waals surface area contributed by atoms with E-state index in [-0.39, 0.29) is 25.1 Å². The average molecular weight is 1250 g/mol. The molecule has 0 bridgehead atoms. The van der Waals surface area contributed by atoms with Gasteiger partial charge in [0.2, 0.25) is 27.6 Å². The van der Waals surface area contributed by atoms with Crippen molar-refractivity contribution in [3.05, 3.63) is 163 Å². The van der Waals surface area contributed by atoms with Gasteiger partial charge >= 0.3 is 0 Å². The van der Waals surface area contributed by atoms with Crippen LogP contribution in [0.4, 0.5) is 11.4 Å². The molecule has 6 aromatic carbocycles. The summed E-state index contributed by atoms with van der Waals surface area (Å²) in [7, 11) is -10.2. The van der Waals surface area contributed by atoms with Crippen molar-refractivity contribution in [2.45, 2.75) is 62.3 Å². The number of sulfonamides is 1. The Hall–Kier alpha value is -5.30. The first kappa shape index (κ1) is 59.3. The highest BCUT2D eigenvalue weighted by atomic mass is 35.5. The third-order valence-electron chi connectivity index (χ3n) is 13.2. The number of anilines is 2. The van der Waals surface area contributed by atoms with Crippen molar-refractivity contribution >= 4 is 171 Å². The zero-order chi connectivity index (χ0) is 57.1. The van der Waals surface area contributed by atoms with Crippen LogP contribution in [0, 0.1) is 0 Å². The fourth-order valence-corrected chi connectivity index (χ4v) is 15.9. The van der Waals surface area contributed by atoms with Crippen LogP contribution in [0.1, 0.15) is 56.0 Å². The maximum absolute atomic E-state index is 12.6. The number of unbranched alkanes of at least 4 members (excludes halogenated alkanes) is 1. The van der Waals surface area contributed by atoms with Crippen molar-refractivity contribution < 1.29 is 48.3 Å². The van der Waals surface area contributed by atoms with E-state index >= 15 is 0 Å². The summed E-state index contributed by atoms with van der Waals surface area (Å²) in [5.41, 5.74) is 6.05. The van der Waals surface area contributed by atoms with E-state index < -0.39 is 41.9 Å². The lowest BCUT2D eigenvalue weighted by Gasteiger charge is -2.22. The Labute approximate surface area is 492 Å². The highest BCUT2D eigenvalue weighted by molar-refractivity contribution is 8.04. The molecule has 80 heavy (non-hydrogen) atoms. The number of aryl methyl sites for hydroxylation is 1. The van der Waals surface area contributed by atoms with Crippen LogP contribution in [0.2, 0.25) is 10.0 Å². The molecule has 418 valence electrons. The van der Waals surface area contributed by atoms with Gasteiger partial charge in [-0.3, -0.25) is 4.79 Å². The molecule has 4 heterocycles. The number of hydrogen-bond donors (Lipinski definition) is 1. The summed E-state index contributed by atoms with van der Waals surface area (Å²) in [4.78, 5) is 19.0. The minimum absolute atomic E-state index is 0.222. The number of carbonyl (C=O) groups excluding carboxylic acids is 1. The predicted molar refractivity (Wildman–Crippen MR) is 328 cm³/mol. The van der Waals surface area contributed by atoms with Gasteiger partial charge in [-0.1, -0.05) is 138 Å². The monoisotopic (exact) mass is 1250 g/mol. The molecule has 0 aliphatic carbocycles. The van der Waals surface area contributed by atoms with Gasteiger partial charge in [0.05, 0.1) is 53.3 Å². The first-order valence-electron chi connectivity index (χ1n) is 25.4. The van der Waals surface area contributed by atoms with Gasteiger partial charge in [-0.25, -0.2) is 30.0 Å².